The topological polar surface area (TPSA) is 115 Å². The molecule has 1 spiro atoms. The first-order chi connectivity index (χ1) is 21.7. The maximum Gasteiger partial charge on any atom is 0.240 e. The number of phenolic OH excluding ortho intramolecular Hbond substituents is 2. The summed E-state index contributed by atoms with van der Waals surface area (Å²) >= 11 is 27.8. The molecule has 2 saturated heterocycles. The van der Waals surface area contributed by atoms with E-state index in [0.29, 0.717) is 6.42 Å². The summed E-state index contributed by atoms with van der Waals surface area (Å²) in [4.78, 5) is 53.5. The Labute approximate surface area is 291 Å². The molecule has 7 aliphatic rings. The van der Waals surface area contributed by atoms with Gasteiger partial charge in [0.25, 0.3) is 0 Å². The fourth-order valence-electron chi connectivity index (χ4n) is 10.3. The van der Waals surface area contributed by atoms with Crippen LogP contribution in [0, 0.1) is 30.6 Å². The predicted octanol–water partition coefficient (Wildman–Crippen LogP) is 6.06. The Morgan fingerprint density at radius 1 is 0.660 bits per heavy atom. The Morgan fingerprint density at radius 2 is 1.06 bits per heavy atom. The number of aromatic hydroxyl groups is 2. The highest BCUT2D eigenvalue weighted by Gasteiger charge is 2.83. The molecule has 2 aromatic rings. The van der Waals surface area contributed by atoms with Gasteiger partial charge in [0.2, 0.25) is 23.6 Å². The SMILES string of the molecule is Cc1cc2c(cc1O)C1(CC2(C)C)CC(C)(C)c2cc(N3C(=O)C4C(C3=O)C3(Cl)C(Cl)=C(Cl)C4(Cl)C4C(=O)N(C)C(=O)C43)c(O)cc21. The molecular weight excluding hydrogens is 686 g/mol. The van der Waals surface area contributed by atoms with E-state index in [1.807, 2.05) is 19.1 Å². The first kappa shape index (κ1) is 31.5. The van der Waals surface area contributed by atoms with Gasteiger partial charge in [-0.1, -0.05) is 57.0 Å². The number of carbonyl (C=O) groups is 4. The van der Waals surface area contributed by atoms with Crippen molar-refractivity contribution in [1.82, 2.24) is 4.90 Å². The summed E-state index contributed by atoms with van der Waals surface area (Å²) in [6.45, 7) is 10.4. The van der Waals surface area contributed by atoms with Crippen LogP contribution in [-0.2, 0) is 35.4 Å². The van der Waals surface area contributed by atoms with Crippen LogP contribution in [0.1, 0.15) is 68.4 Å². The molecule has 2 bridgehead atoms. The van der Waals surface area contributed by atoms with Gasteiger partial charge in [0, 0.05) is 12.5 Å². The number of hydrogen-bond acceptors (Lipinski definition) is 6. The minimum atomic E-state index is -2.00. The van der Waals surface area contributed by atoms with E-state index in [1.54, 1.807) is 12.1 Å². The van der Waals surface area contributed by atoms with Crippen molar-refractivity contribution < 1.29 is 29.4 Å². The van der Waals surface area contributed by atoms with E-state index < -0.39 is 67.9 Å². The van der Waals surface area contributed by atoms with E-state index >= 15 is 0 Å². The Hall–Kier alpha value is -2.78. The molecule has 2 heterocycles. The van der Waals surface area contributed by atoms with E-state index in [9.17, 15) is 29.4 Å². The second-order valence-corrected chi connectivity index (χ2v) is 17.6. The Morgan fingerprint density at radius 3 is 1.53 bits per heavy atom. The molecule has 246 valence electrons. The van der Waals surface area contributed by atoms with Crippen LogP contribution >= 0.6 is 46.4 Å². The minimum Gasteiger partial charge on any atom is -0.508 e. The van der Waals surface area contributed by atoms with E-state index in [2.05, 4.69) is 27.7 Å². The lowest BCUT2D eigenvalue weighted by Gasteiger charge is -2.56. The highest BCUT2D eigenvalue weighted by atomic mass is 35.5. The smallest absolute Gasteiger partial charge is 0.240 e. The molecule has 2 aromatic carbocycles. The summed E-state index contributed by atoms with van der Waals surface area (Å²) in [5.74, 6) is -8.48. The summed E-state index contributed by atoms with van der Waals surface area (Å²) in [6.07, 6.45) is 1.39. The van der Waals surface area contributed by atoms with E-state index in [0.717, 1.165) is 44.0 Å². The highest BCUT2D eigenvalue weighted by Crippen LogP contribution is 2.72. The molecule has 12 heteroatoms. The van der Waals surface area contributed by atoms with Crippen molar-refractivity contribution in [2.75, 3.05) is 11.9 Å². The number of phenols is 2. The average molecular weight is 718 g/mol. The summed E-state index contributed by atoms with van der Waals surface area (Å²) < 4.78 is 0. The maximum atomic E-state index is 14.5. The van der Waals surface area contributed by atoms with Gasteiger partial charge < -0.3 is 10.2 Å². The zero-order chi connectivity index (χ0) is 34.3. The number of amides is 4. The lowest BCUT2D eigenvalue weighted by atomic mass is 9.53. The molecule has 8 nitrogen and oxygen atoms in total. The van der Waals surface area contributed by atoms with Crippen molar-refractivity contribution in [1.29, 1.82) is 0 Å². The van der Waals surface area contributed by atoms with Crippen LogP contribution in [0.15, 0.2) is 34.3 Å². The monoisotopic (exact) mass is 716 g/mol. The predicted molar refractivity (Wildman–Crippen MR) is 177 cm³/mol. The minimum absolute atomic E-state index is 0.0467. The number of likely N-dealkylation sites (tertiary alicyclic amines) is 1. The zero-order valence-corrected chi connectivity index (χ0v) is 29.5. The Bertz CT molecular complexity index is 1930. The number of halogens is 4. The average Bonchev–Trinajstić information content (AvgIpc) is 3.55. The van der Waals surface area contributed by atoms with E-state index in [-0.39, 0.29) is 32.7 Å². The van der Waals surface area contributed by atoms with Crippen LogP contribution in [0.25, 0.3) is 0 Å². The maximum absolute atomic E-state index is 14.5. The first-order valence-corrected chi connectivity index (χ1v) is 17.0. The van der Waals surface area contributed by atoms with E-state index in [1.165, 1.54) is 7.05 Å². The summed E-state index contributed by atoms with van der Waals surface area (Å²) in [7, 11) is 1.29. The lowest BCUT2D eigenvalue weighted by molar-refractivity contribution is -0.138. The molecule has 47 heavy (non-hydrogen) atoms. The zero-order valence-electron chi connectivity index (χ0n) is 26.5. The van der Waals surface area contributed by atoms with Crippen LogP contribution in [0.3, 0.4) is 0 Å². The summed E-state index contributed by atoms with van der Waals surface area (Å²) in [5, 5.41) is 22.0. The molecule has 1 saturated carbocycles. The number of carbonyl (C=O) groups excluding carboxylic acids is 4. The molecular formula is C35H32Cl4N2O6. The standard InChI is InChI=1S/C35H32Cl4N2O6/c1-13-7-14-16(9-19(13)42)33(11-31(14,2)3)12-32(4,5)15-8-18(20(43)10-17(15)33)41-29(46)23-24(30(41)47)35(39)22-21(27(44)40(6)28(22)45)34(23,38)25(36)26(35)37/h7-10,21-24,42-43H,11-12H2,1-6H3. The van der Waals surface area contributed by atoms with Gasteiger partial charge in [-0.25, -0.2) is 4.90 Å². The largest absolute Gasteiger partial charge is 0.508 e. The van der Waals surface area contributed by atoms with Gasteiger partial charge in [-0.2, -0.15) is 0 Å². The normalized spacial score (nSPS) is 37.3. The number of rotatable bonds is 1. The molecule has 0 radical (unpaired) electrons. The number of aryl methyl sites for hydroxylation is 1. The third kappa shape index (κ3) is 3.30. The summed E-state index contributed by atoms with van der Waals surface area (Å²) in [6, 6.07) is 7.17. The number of imide groups is 2. The molecule has 2 aliphatic heterocycles. The number of allylic oxidation sites excluding steroid dienone is 2. The molecule has 5 aliphatic carbocycles. The third-order valence-electron chi connectivity index (χ3n) is 12.2. The van der Waals surface area contributed by atoms with Crippen molar-refractivity contribution in [2.45, 2.75) is 73.5 Å². The Balaban J connectivity index is 1.30. The first-order valence-electron chi connectivity index (χ1n) is 15.5. The lowest BCUT2D eigenvalue weighted by Crippen LogP contribution is -2.68. The summed E-state index contributed by atoms with van der Waals surface area (Å²) in [5.41, 5.74) is 3.32. The number of alkyl halides is 2. The second kappa shape index (κ2) is 8.87. The number of fused-ring (bicyclic) bond motifs is 4. The quantitative estimate of drug-likeness (QED) is 0.274. The van der Waals surface area contributed by atoms with Gasteiger partial charge in [0.05, 0.1) is 39.4 Å². The fourth-order valence-corrected chi connectivity index (χ4v) is 12.3. The van der Waals surface area contributed by atoms with Gasteiger partial charge in [0.1, 0.15) is 21.2 Å². The molecule has 0 aromatic heterocycles. The number of anilines is 1. The van der Waals surface area contributed by atoms with Crippen LogP contribution in [0.2, 0.25) is 0 Å². The molecule has 7 atom stereocenters. The van der Waals surface area contributed by atoms with E-state index in [4.69, 9.17) is 46.4 Å². The highest BCUT2D eigenvalue weighted by molar-refractivity contribution is 6.53. The van der Waals surface area contributed by atoms with Crippen LogP contribution in [-0.4, -0.2) is 55.5 Å². The van der Waals surface area contributed by atoms with Gasteiger partial charge in [-0.3, -0.25) is 24.1 Å². The van der Waals surface area contributed by atoms with Crippen LogP contribution < -0.4 is 4.90 Å². The fraction of sp³-hybridized carbons (Fsp3) is 0.486. The second-order valence-electron chi connectivity index (χ2n) is 15.6. The van der Waals surface area contributed by atoms with Gasteiger partial charge in [-0.15, -0.1) is 23.2 Å². The van der Waals surface area contributed by atoms with Crippen molar-refractivity contribution in [2.24, 2.45) is 23.7 Å². The Kier molecular flexibility index (Phi) is 5.94. The third-order valence-corrected chi connectivity index (χ3v) is 14.8. The van der Waals surface area contributed by atoms with Gasteiger partial charge in [0.15, 0.2) is 0 Å². The number of nitrogens with zero attached hydrogens (tertiary/aromatic N) is 2. The van der Waals surface area contributed by atoms with Gasteiger partial charge >= 0.3 is 0 Å². The number of hydrogen-bond donors (Lipinski definition) is 2. The van der Waals surface area contributed by atoms with Gasteiger partial charge in [-0.05, 0) is 76.6 Å². The molecule has 2 N–H and O–H groups in total. The van der Waals surface area contributed by atoms with Crippen molar-refractivity contribution in [3.8, 4) is 11.5 Å². The molecule has 4 amide bonds. The van der Waals surface area contributed by atoms with Crippen LogP contribution in [0.4, 0.5) is 5.69 Å². The molecule has 3 fully saturated rings. The molecule has 7 unspecified atom stereocenters. The van der Waals surface area contributed by atoms with Crippen LogP contribution in [0.5, 0.6) is 11.5 Å². The van der Waals surface area contributed by atoms with Crippen molar-refractivity contribution in [3.05, 3.63) is 62.1 Å². The number of benzene rings is 2. The molecule has 9 rings (SSSR count). The van der Waals surface area contributed by atoms with Crippen molar-refractivity contribution >= 4 is 75.7 Å². The van der Waals surface area contributed by atoms with Crippen molar-refractivity contribution in [3.63, 3.8) is 0 Å².